The van der Waals surface area contributed by atoms with Gasteiger partial charge in [0.05, 0.1) is 19.3 Å². The standard InChI is InChI=1S/C25H40N2O5.C24H39N3O5.C6H12/c1-17(2)18(3)22(29)15-20(9-7-8-14-26-24(31)32-25(4,5)6)23(30)27-21-12-10-19(16-28)11-13-21;1-16(2)21(25)20(29)14-18(8-6-7-13-26-23(31)32-24(3,4)5)22(30)27-19-11-9-17(15-28)10-12-19;1-2-4-6-5-3-1/h10-13,17-18,20,28H,7-9,14-16H2,1-6H3,(H,26,31)(H,27,30);9-12,16,18,21,28H,6-8,13-15,25H2,1-5H3,(H,26,31)(H,27,30);1-6H2/t18-,20+;18-,21+;/m01./s1. The molecule has 0 radical (unpaired) electrons. The molecule has 0 aromatic heterocycles. The predicted molar refractivity (Wildman–Crippen MR) is 279 cm³/mol. The summed E-state index contributed by atoms with van der Waals surface area (Å²) >= 11 is 0. The van der Waals surface area contributed by atoms with E-state index in [-0.39, 0.29) is 67.2 Å². The first-order valence-electron chi connectivity index (χ1n) is 25.6. The molecule has 0 heterocycles. The van der Waals surface area contributed by atoms with Gasteiger partial charge >= 0.3 is 12.2 Å². The number of nitrogens with two attached hydrogens (primary N) is 1. The number of rotatable bonds is 24. The van der Waals surface area contributed by atoms with Crippen molar-refractivity contribution in [2.75, 3.05) is 23.7 Å². The van der Waals surface area contributed by atoms with Crippen molar-refractivity contribution in [1.29, 1.82) is 0 Å². The third kappa shape index (κ3) is 29.4. The van der Waals surface area contributed by atoms with E-state index < -0.39 is 41.3 Å². The minimum atomic E-state index is -0.608. The summed E-state index contributed by atoms with van der Waals surface area (Å²) in [4.78, 5) is 74.5. The lowest BCUT2D eigenvalue weighted by molar-refractivity contribution is -0.129. The predicted octanol–water partition coefficient (Wildman–Crippen LogP) is 10.4. The highest BCUT2D eigenvalue weighted by atomic mass is 16.6. The van der Waals surface area contributed by atoms with E-state index >= 15 is 0 Å². The lowest BCUT2D eigenvalue weighted by Crippen LogP contribution is -2.38. The lowest BCUT2D eigenvalue weighted by atomic mass is 9.86. The molecule has 0 aliphatic heterocycles. The molecule has 8 N–H and O–H groups in total. The third-order valence-corrected chi connectivity index (χ3v) is 11.8. The first-order valence-corrected chi connectivity index (χ1v) is 25.6. The molecule has 4 amide bonds. The molecule has 15 heteroatoms. The van der Waals surface area contributed by atoms with Gasteiger partial charge in [-0.2, -0.15) is 0 Å². The molecule has 4 atom stereocenters. The van der Waals surface area contributed by atoms with Gasteiger partial charge in [0.2, 0.25) is 11.8 Å². The summed E-state index contributed by atoms with van der Waals surface area (Å²) in [6.07, 6.45) is 12.1. The Labute approximate surface area is 420 Å². The summed E-state index contributed by atoms with van der Waals surface area (Å²) in [5, 5.41) is 29.5. The quantitative estimate of drug-likeness (QED) is 0.0489. The van der Waals surface area contributed by atoms with Gasteiger partial charge < -0.3 is 46.7 Å². The molecule has 1 fully saturated rings. The minimum absolute atomic E-state index is 0.00438. The van der Waals surface area contributed by atoms with E-state index in [9.17, 15) is 28.8 Å². The number of nitrogens with one attached hydrogen (secondary N) is 4. The van der Waals surface area contributed by atoms with Crippen molar-refractivity contribution in [2.24, 2.45) is 35.3 Å². The fourth-order valence-electron chi connectivity index (χ4n) is 7.18. The molecular formula is C55H91N5O10. The largest absolute Gasteiger partial charge is 0.444 e. The number of aliphatic hydroxyl groups is 2. The van der Waals surface area contributed by atoms with Crippen LogP contribution >= 0.6 is 0 Å². The number of carbonyl (C=O) groups excluding carboxylic acids is 6. The Hall–Kier alpha value is -4.86. The lowest BCUT2D eigenvalue weighted by Gasteiger charge is -2.21. The molecule has 2 aromatic carbocycles. The van der Waals surface area contributed by atoms with Crippen LogP contribution < -0.4 is 27.0 Å². The molecule has 1 saturated carbocycles. The van der Waals surface area contributed by atoms with Gasteiger partial charge in [-0.25, -0.2) is 9.59 Å². The second-order valence-electron chi connectivity index (χ2n) is 21.2. The molecule has 2 aromatic rings. The summed E-state index contributed by atoms with van der Waals surface area (Å²) in [7, 11) is 0. The van der Waals surface area contributed by atoms with Crippen molar-refractivity contribution in [2.45, 2.75) is 197 Å². The van der Waals surface area contributed by atoms with Crippen LogP contribution in [-0.4, -0.2) is 76.1 Å². The third-order valence-electron chi connectivity index (χ3n) is 11.8. The van der Waals surface area contributed by atoms with E-state index in [0.29, 0.717) is 63.0 Å². The number of ketones is 2. The van der Waals surface area contributed by atoms with Crippen LogP contribution in [0.15, 0.2) is 48.5 Å². The number of hydrogen-bond acceptors (Lipinski definition) is 11. The Bertz CT molecular complexity index is 1690. The number of amides is 4. The van der Waals surface area contributed by atoms with Crippen LogP contribution in [0.5, 0.6) is 0 Å². The molecule has 0 spiro atoms. The Kier molecular flexibility index (Phi) is 30.4. The van der Waals surface area contributed by atoms with Crippen molar-refractivity contribution < 1.29 is 48.5 Å². The molecule has 1 aliphatic carbocycles. The van der Waals surface area contributed by atoms with E-state index in [1.807, 2.05) is 55.4 Å². The van der Waals surface area contributed by atoms with Crippen LogP contribution in [0.25, 0.3) is 0 Å². The summed E-state index contributed by atoms with van der Waals surface area (Å²) < 4.78 is 10.4. The molecule has 0 unspecified atom stereocenters. The maximum absolute atomic E-state index is 12.9. The zero-order valence-corrected chi connectivity index (χ0v) is 44.5. The molecule has 0 saturated heterocycles. The van der Waals surface area contributed by atoms with Crippen LogP contribution in [0.1, 0.15) is 177 Å². The van der Waals surface area contributed by atoms with Gasteiger partial charge in [0.15, 0.2) is 5.78 Å². The van der Waals surface area contributed by atoms with E-state index in [2.05, 4.69) is 21.3 Å². The normalized spacial score (nSPS) is 14.3. The number of carbonyl (C=O) groups is 6. The SMILES string of the molecule is C1CCCCC1.CC(C)[C@H](C)C(=O)C[C@@H](CCCCNC(=O)OC(C)(C)C)C(=O)Nc1ccc(CO)cc1.CC(C)[C@H](N)C(=O)C[C@@H](CCCCNC(=O)OC(C)(C)C)C(=O)Nc1ccc(CO)cc1. The Balaban J connectivity index is 0.000000622. The Morgan fingerprint density at radius 3 is 1.19 bits per heavy atom. The number of aliphatic hydroxyl groups excluding tert-OH is 2. The number of alkyl carbamates (subject to hydrolysis) is 2. The Morgan fingerprint density at radius 2 is 0.886 bits per heavy atom. The number of anilines is 2. The molecule has 15 nitrogen and oxygen atoms in total. The van der Waals surface area contributed by atoms with Crippen LogP contribution in [0.4, 0.5) is 21.0 Å². The molecule has 1 aliphatic rings. The van der Waals surface area contributed by atoms with Gasteiger partial charge in [-0.15, -0.1) is 0 Å². The highest BCUT2D eigenvalue weighted by Gasteiger charge is 2.28. The zero-order chi connectivity index (χ0) is 52.9. The topological polar surface area (TPSA) is 235 Å². The van der Waals surface area contributed by atoms with E-state index in [0.717, 1.165) is 11.1 Å². The first-order chi connectivity index (χ1) is 32.8. The highest BCUT2D eigenvalue weighted by Crippen LogP contribution is 2.23. The maximum atomic E-state index is 12.9. The van der Waals surface area contributed by atoms with Crippen molar-refractivity contribution in [3.63, 3.8) is 0 Å². The molecular weight excluding hydrogens is 891 g/mol. The van der Waals surface area contributed by atoms with Crippen molar-refractivity contribution in [3.05, 3.63) is 59.7 Å². The smallest absolute Gasteiger partial charge is 0.407 e. The summed E-state index contributed by atoms with van der Waals surface area (Å²) in [6.45, 7) is 21.2. The average molecular weight is 982 g/mol. The summed E-state index contributed by atoms with van der Waals surface area (Å²) in [6, 6.07) is 13.3. The van der Waals surface area contributed by atoms with Crippen LogP contribution in [-0.2, 0) is 41.9 Å². The number of hydrogen-bond donors (Lipinski definition) is 7. The van der Waals surface area contributed by atoms with Gasteiger partial charge in [0.1, 0.15) is 17.0 Å². The van der Waals surface area contributed by atoms with Gasteiger partial charge in [-0.1, -0.05) is 110 Å². The van der Waals surface area contributed by atoms with Gasteiger partial charge in [0.25, 0.3) is 0 Å². The van der Waals surface area contributed by atoms with Crippen LogP contribution in [0.3, 0.4) is 0 Å². The molecule has 70 heavy (non-hydrogen) atoms. The van der Waals surface area contributed by atoms with E-state index in [1.54, 1.807) is 69.3 Å². The number of Topliss-reactive ketones (excluding diaryl/α,β-unsaturated/α-hetero) is 2. The monoisotopic (exact) mass is 982 g/mol. The van der Waals surface area contributed by atoms with Crippen LogP contribution in [0, 0.1) is 29.6 Å². The second-order valence-corrected chi connectivity index (χ2v) is 21.2. The van der Waals surface area contributed by atoms with Crippen molar-refractivity contribution in [3.8, 4) is 0 Å². The second kappa shape index (κ2) is 33.7. The molecule has 0 bridgehead atoms. The Morgan fingerprint density at radius 1 is 0.543 bits per heavy atom. The zero-order valence-electron chi connectivity index (χ0n) is 44.5. The van der Waals surface area contributed by atoms with E-state index in [1.165, 1.54) is 38.5 Å². The number of ether oxygens (including phenoxy) is 2. The van der Waals surface area contributed by atoms with Gasteiger partial charge in [-0.05, 0) is 114 Å². The fourth-order valence-corrected chi connectivity index (χ4v) is 7.18. The summed E-state index contributed by atoms with van der Waals surface area (Å²) in [5.74, 6) is -1.34. The fraction of sp³-hybridized carbons (Fsp3) is 0.673. The first kappa shape index (κ1) is 63.2. The average Bonchev–Trinajstić information content (AvgIpc) is 3.30. The van der Waals surface area contributed by atoms with Crippen molar-refractivity contribution >= 4 is 46.9 Å². The molecule has 3 rings (SSSR count). The van der Waals surface area contributed by atoms with Gasteiger partial charge in [-0.3, -0.25) is 19.2 Å². The van der Waals surface area contributed by atoms with E-state index in [4.69, 9.17) is 25.4 Å². The number of benzene rings is 2. The maximum Gasteiger partial charge on any atom is 0.407 e. The van der Waals surface area contributed by atoms with Crippen molar-refractivity contribution in [1.82, 2.24) is 10.6 Å². The van der Waals surface area contributed by atoms with Crippen LogP contribution in [0.2, 0.25) is 0 Å². The minimum Gasteiger partial charge on any atom is -0.444 e. The number of unbranched alkanes of at least 4 members (excludes halogenated alkanes) is 2. The van der Waals surface area contributed by atoms with Gasteiger partial charge in [0, 0.05) is 55.1 Å². The summed E-state index contributed by atoms with van der Waals surface area (Å²) in [5.41, 5.74) is 7.63. The highest BCUT2D eigenvalue weighted by molar-refractivity contribution is 5.97. The molecule has 396 valence electrons.